The summed E-state index contributed by atoms with van der Waals surface area (Å²) in [7, 11) is 0. The minimum absolute atomic E-state index is 0.166. The largest absolute Gasteiger partial charge is 0.478 e. The van der Waals surface area contributed by atoms with Crippen molar-refractivity contribution in [2.75, 3.05) is 0 Å². The lowest BCUT2D eigenvalue weighted by atomic mass is 10.1. The summed E-state index contributed by atoms with van der Waals surface area (Å²) in [5, 5.41) is 11.6. The van der Waals surface area contributed by atoms with Gasteiger partial charge in [-0.1, -0.05) is 12.1 Å². The maximum absolute atomic E-state index is 13.0. The molecule has 0 aliphatic heterocycles. The Kier molecular flexibility index (Phi) is 4.33. The van der Waals surface area contributed by atoms with Crippen molar-refractivity contribution >= 4 is 11.9 Å². The summed E-state index contributed by atoms with van der Waals surface area (Å²) in [6, 6.07) is 10.3. The Bertz CT molecular complexity index is 698. The fraction of sp³-hybridized carbons (Fsp3) is 0.125. The van der Waals surface area contributed by atoms with E-state index >= 15 is 0 Å². The van der Waals surface area contributed by atoms with Gasteiger partial charge < -0.3 is 10.4 Å². The second-order valence-corrected chi connectivity index (χ2v) is 4.65. The highest BCUT2D eigenvalue weighted by Gasteiger charge is 2.10. The number of rotatable bonds is 4. The molecule has 2 aromatic rings. The Morgan fingerprint density at radius 1 is 1.19 bits per heavy atom. The lowest BCUT2D eigenvalue weighted by Crippen LogP contribution is -2.23. The molecule has 1 amide bonds. The van der Waals surface area contributed by atoms with E-state index in [1.54, 1.807) is 19.1 Å². The minimum atomic E-state index is -1.02. The van der Waals surface area contributed by atoms with Crippen LogP contribution in [0.1, 0.15) is 31.8 Å². The fourth-order valence-electron chi connectivity index (χ4n) is 1.97. The number of halogens is 1. The van der Waals surface area contributed by atoms with Crippen LogP contribution in [-0.4, -0.2) is 17.0 Å². The number of carboxylic acid groups (broad SMARTS) is 1. The molecule has 21 heavy (non-hydrogen) atoms. The van der Waals surface area contributed by atoms with Gasteiger partial charge in [-0.2, -0.15) is 0 Å². The van der Waals surface area contributed by atoms with Crippen molar-refractivity contribution in [3.63, 3.8) is 0 Å². The van der Waals surface area contributed by atoms with E-state index in [1.165, 1.54) is 30.3 Å². The summed E-state index contributed by atoms with van der Waals surface area (Å²) in [5.74, 6) is -1.73. The maximum atomic E-state index is 13.0. The first-order chi connectivity index (χ1) is 9.97. The topological polar surface area (TPSA) is 66.4 Å². The molecule has 0 saturated heterocycles. The number of hydrogen-bond acceptors (Lipinski definition) is 2. The van der Waals surface area contributed by atoms with Gasteiger partial charge in [-0.15, -0.1) is 0 Å². The van der Waals surface area contributed by atoms with Crippen molar-refractivity contribution < 1.29 is 19.1 Å². The lowest BCUT2D eigenvalue weighted by Gasteiger charge is -2.08. The van der Waals surface area contributed by atoms with Gasteiger partial charge >= 0.3 is 5.97 Å². The zero-order valence-electron chi connectivity index (χ0n) is 11.4. The van der Waals surface area contributed by atoms with Gasteiger partial charge in [0.1, 0.15) is 5.82 Å². The second-order valence-electron chi connectivity index (χ2n) is 4.65. The molecule has 0 aliphatic carbocycles. The lowest BCUT2D eigenvalue weighted by molar-refractivity contribution is 0.0696. The van der Waals surface area contributed by atoms with Gasteiger partial charge in [0.15, 0.2) is 0 Å². The Labute approximate surface area is 121 Å². The SMILES string of the molecule is Cc1cc(F)ccc1C(=O)NCc1cccc(C(=O)O)c1. The summed E-state index contributed by atoms with van der Waals surface area (Å²) < 4.78 is 13.0. The van der Waals surface area contributed by atoms with Crippen molar-refractivity contribution in [3.05, 3.63) is 70.5 Å². The first-order valence-corrected chi connectivity index (χ1v) is 6.34. The summed E-state index contributed by atoms with van der Waals surface area (Å²) in [5.41, 5.74) is 1.79. The smallest absolute Gasteiger partial charge is 0.335 e. The third kappa shape index (κ3) is 3.66. The molecule has 0 heterocycles. The Balaban J connectivity index is 2.07. The highest BCUT2D eigenvalue weighted by atomic mass is 19.1. The van der Waals surface area contributed by atoms with Crippen molar-refractivity contribution in [1.29, 1.82) is 0 Å². The van der Waals surface area contributed by atoms with Gasteiger partial charge in [0, 0.05) is 12.1 Å². The average molecular weight is 287 g/mol. The fourth-order valence-corrected chi connectivity index (χ4v) is 1.97. The zero-order chi connectivity index (χ0) is 15.4. The van der Waals surface area contributed by atoms with Crippen LogP contribution >= 0.6 is 0 Å². The van der Waals surface area contributed by atoms with Gasteiger partial charge in [-0.25, -0.2) is 9.18 Å². The van der Waals surface area contributed by atoms with E-state index in [-0.39, 0.29) is 18.0 Å². The third-order valence-corrected chi connectivity index (χ3v) is 3.06. The van der Waals surface area contributed by atoms with Crippen LogP contribution in [0, 0.1) is 12.7 Å². The molecule has 0 bridgehead atoms. The van der Waals surface area contributed by atoms with Gasteiger partial charge in [-0.05, 0) is 48.4 Å². The molecular formula is C16H14FNO3. The van der Waals surface area contributed by atoms with Crippen LogP contribution in [-0.2, 0) is 6.54 Å². The molecule has 0 aromatic heterocycles. The molecular weight excluding hydrogens is 273 g/mol. The van der Waals surface area contributed by atoms with Crippen LogP contribution < -0.4 is 5.32 Å². The standard InChI is InChI=1S/C16H14FNO3/c1-10-7-13(17)5-6-14(10)15(19)18-9-11-3-2-4-12(8-11)16(20)21/h2-8H,9H2,1H3,(H,18,19)(H,20,21). The predicted octanol–water partition coefficient (Wildman–Crippen LogP) is 2.76. The van der Waals surface area contributed by atoms with E-state index in [0.29, 0.717) is 16.7 Å². The van der Waals surface area contributed by atoms with Crippen molar-refractivity contribution in [3.8, 4) is 0 Å². The molecule has 5 heteroatoms. The Hall–Kier alpha value is -2.69. The van der Waals surface area contributed by atoms with Crippen LogP contribution in [0.3, 0.4) is 0 Å². The normalized spacial score (nSPS) is 10.2. The Morgan fingerprint density at radius 3 is 2.62 bits per heavy atom. The van der Waals surface area contributed by atoms with Crippen LogP contribution in [0.4, 0.5) is 4.39 Å². The average Bonchev–Trinajstić information content (AvgIpc) is 2.45. The molecule has 2 aromatic carbocycles. The van der Waals surface area contributed by atoms with E-state index in [1.807, 2.05) is 0 Å². The molecule has 4 nitrogen and oxygen atoms in total. The molecule has 2 rings (SSSR count). The van der Waals surface area contributed by atoms with Gasteiger partial charge in [0.2, 0.25) is 0 Å². The van der Waals surface area contributed by atoms with E-state index in [9.17, 15) is 14.0 Å². The van der Waals surface area contributed by atoms with Crippen LogP contribution in [0.5, 0.6) is 0 Å². The summed E-state index contributed by atoms with van der Waals surface area (Å²) in [6.07, 6.45) is 0. The van der Waals surface area contributed by atoms with E-state index in [4.69, 9.17) is 5.11 Å². The number of aromatic carboxylic acids is 1. The molecule has 2 N–H and O–H groups in total. The van der Waals surface area contributed by atoms with Crippen LogP contribution in [0.25, 0.3) is 0 Å². The molecule has 0 atom stereocenters. The van der Waals surface area contributed by atoms with Crippen molar-refractivity contribution in [1.82, 2.24) is 5.32 Å². The highest BCUT2D eigenvalue weighted by molar-refractivity contribution is 5.95. The number of aryl methyl sites for hydroxylation is 1. The molecule has 0 unspecified atom stereocenters. The predicted molar refractivity (Wildman–Crippen MR) is 75.7 cm³/mol. The van der Waals surface area contributed by atoms with E-state index in [2.05, 4.69) is 5.32 Å². The molecule has 0 aliphatic rings. The number of carbonyl (C=O) groups excluding carboxylic acids is 1. The first kappa shape index (κ1) is 14.7. The maximum Gasteiger partial charge on any atom is 0.335 e. The molecule has 0 fully saturated rings. The van der Waals surface area contributed by atoms with Crippen LogP contribution in [0.2, 0.25) is 0 Å². The second kappa shape index (κ2) is 6.17. The molecule has 108 valence electrons. The molecule has 0 saturated carbocycles. The third-order valence-electron chi connectivity index (χ3n) is 3.06. The first-order valence-electron chi connectivity index (χ1n) is 6.34. The quantitative estimate of drug-likeness (QED) is 0.908. The number of amides is 1. The van der Waals surface area contributed by atoms with Crippen molar-refractivity contribution in [2.24, 2.45) is 0 Å². The summed E-state index contributed by atoms with van der Waals surface area (Å²) in [6.45, 7) is 1.86. The summed E-state index contributed by atoms with van der Waals surface area (Å²) in [4.78, 5) is 22.9. The van der Waals surface area contributed by atoms with E-state index < -0.39 is 11.8 Å². The molecule has 0 spiro atoms. The number of hydrogen-bond donors (Lipinski definition) is 2. The number of benzene rings is 2. The number of nitrogens with one attached hydrogen (secondary N) is 1. The van der Waals surface area contributed by atoms with Gasteiger partial charge in [0.25, 0.3) is 5.91 Å². The number of carboxylic acids is 1. The Morgan fingerprint density at radius 2 is 1.95 bits per heavy atom. The van der Waals surface area contributed by atoms with Gasteiger partial charge in [0.05, 0.1) is 5.56 Å². The molecule has 0 radical (unpaired) electrons. The zero-order valence-corrected chi connectivity index (χ0v) is 11.4. The van der Waals surface area contributed by atoms with E-state index in [0.717, 1.165) is 0 Å². The van der Waals surface area contributed by atoms with Crippen molar-refractivity contribution in [2.45, 2.75) is 13.5 Å². The minimum Gasteiger partial charge on any atom is -0.478 e. The number of carbonyl (C=O) groups is 2. The van der Waals surface area contributed by atoms with Crippen LogP contribution in [0.15, 0.2) is 42.5 Å². The van der Waals surface area contributed by atoms with Gasteiger partial charge in [-0.3, -0.25) is 4.79 Å². The highest BCUT2D eigenvalue weighted by Crippen LogP contribution is 2.11. The monoisotopic (exact) mass is 287 g/mol. The summed E-state index contributed by atoms with van der Waals surface area (Å²) >= 11 is 0.